The van der Waals surface area contributed by atoms with E-state index in [0.717, 1.165) is 22.4 Å². The second-order valence-corrected chi connectivity index (χ2v) is 6.67. The van der Waals surface area contributed by atoms with Crippen LogP contribution in [0.25, 0.3) is 0 Å². The van der Waals surface area contributed by atoms with Crippen LogP contribution < -0.4 is 10.6 Å². The SMILES string of the molecule is Cc1cccc(C(=O)Nc2ccc(C(=O)Nc3cc(C)ccc3C)cc2)c1. The lowest BCUT2D eigenvalue weighted by atomic mass is 10.1. The molecule has 0 aliphatic rings. The van der Waals surface area contributed by atoms with E-state index >= 15 is 0 Å². The predicted octanol–water partition coefficient (Wildman–Crippen LogP) is 5.12. The second-order valence-electron chi connectivity index (χ2n) is 6.67. The van der Waals surface area contributed by atoms with Gasteiger partial charge in [0.2, 0.25) is 0 Å². The molecular weight excluding hydrogens is 336 g/mol. The number of amides is 2. The molecule has 0 bridgehead atoms. The van der Waals surface area contributed by atoms with Crippen molar-refractivity contribution in [3.05, 3.63) is 94.5 Å². The Hall–Kier alpha value is -3.40. The van der Waals surface area contributed by atoms with E-state index in [2.05, 4.69) is 10.6 Å². The van der Waals surface area contributed by atoms with Crippen LogP contribution in [-0.2, 0) is 0 Å². The van der Waals surface area contributed by atoms with Crippen molar-refractivity contribution < 1.29 is 9.59 Å². The van der Waals surface area contributed by atoms with Crippen LogP contribution in [0.4, 0.5) is 11.4 Å². The number of rotatable bonds is 4. The van der Waals surface area contributed by atoms with Gasteiger partial charge in [0, 0.05) is 22.5 Å². The fourth-order valence-corrected chi connectivity index (χ4v) is 2.76. The van der Waals surface area contributed by atoms with Gasteiger partial charge in [0.1, 0.15) is 0 Å². The molecule has 4 nitrogen and oxygen atoms in total. The molecule has 136 valence electrons. The van der Waals surface area contributed by atoms with E-state index in [1.807, 2.05) is 57.2 Å². The Balaban J connectivity index is 1.68. The Kier molecular flexibility index (Phi) is 5.36. The molecular formula is C23H22N2O2. The number of benzene rings is 3. The van der Waals surface area contributed by atoms with Gasteiger partial charge >= 0.3 is 0 Å². The fraction of sp³-hybridized carbons (Fsp3) is 0.130. The van der Waals surface area contributed by atoms with Crippen LogP contribution in [0, 0.1) is 20.8 Å². The topological polar surface area (TPSA) is 58.2 Å². The van der Waals surface area contributed by atoms with Gasteiger partial charge in [-0.1, -0.05) is 29.8 Å². The first kappa shape index (κ1) is 18.4. The van der Waals surface area contributed by atoms with E-state index in [0.29, 0.717) is 16.8 Å². The third-order valence-corrected chi connectivity index (χ3v) is 4.33. The monoisotopic (exact) mass is 358 g/mol. The van der Waals surface area contributed by atoms with Crippen molar-refractivity contribution in [3.8, 4) is 0 Å². The minimum absolute atomic E-state index is 0.175. The molecule has 0 aliphatic carbocycles. The molecule has 0 spiro atoms. The average molecular weight is 358 g/mol. The van der Waals surface area contributed by atoms with E-state index < -0.39 is 0 Å². The van der Waals surface area contributed by atoms with E-state index in [-0.39, 0.29) is 11.8 Å². The Morgan fingerprint density at radius 1 is 0.667 bits per heavy atom. The molecule has 0 unspecified atom stereocenters. The van der Waals surface area contributed by atoms with Crippen LogP contribution in [0.1, 0.15) is 37.4 Å². The largest absolute Gasteiger partial charge is 0.322 e. The molecule has 0 radical (unpaired) electrons. The first-order valence-electron chi connectivity index (χ1n) is 8.79. The summed E-state index contributed by atoms with van der Waals surface area (Å²) in [5.41, 5.74) is 5.71. The molecule has 0 saturated heterocycles. The van der Waals surface area contributed by atoms with E-state index in [4.69, 9.17) is 0 Å². The highest BCUT2D eigenvalue weighted by atomic mass is 16.2. The van der Waals surface area contributed by atoms with E-state index in [9.17, 15) is 9.59 Å². The van der Waals surface area contributed by atoms with Crippen molar-refractivity contribution in [2.24, 2.45) is 0 Å². The summed E-state index contributed by atoms with van der Waals surface area (Å²) in [5.74, 6) is -0.355. The number of aryl methyl sites for hydroxylation is 3. The molecule has 0 heterocycles. The van der Waals surface area contributed by atoms with Crippen LogP contribution in [-0.4, -0.2) is 11.8 Å². The quantitative estimate of drug-likeness (QED) is 0.680. The van der Waals surface area contributed by atoms with Crippen molar-refractivity contribution in [2.45, 2.75) is 20.8 Å². The van der Waals surface area contributed by atoms with Crippen LogP contribution in [0.2, 0.25) is 0 Å². The maximum Gasteiger partial charge on any atom is 0.255 e. The summed E-state index contributed by atoms with van der Waals surface area (Å²) in [6.45, 7) is 5.89. The van der Waals surface area contributed by atoms with Gasteiger partial charge in [-0.3, -0.25) is 9.59 Å². The standard InChI is InChI=1S/C23H22N2O2/c1-15-5-4-6-19(13-15)23(27)24-20-11-9-18(10-12-20)22(26)25-21-14-16(2)7-8-17(21)3/h4-14H,1-3H3,(H,24,27)(H,25,26). The maximum atomic E-state index is 12.5. The van der Waals surface area contributed by atoms with E-state index in [1.165, 1.54) is 0 Å². The number of anilines is 2. The molecule has 3 rings (SSSR count). The van der Waals surface area contributed by atoms with Crippen molar-refractivity contribution in [2.75, 3.05) is 10.6 Å². The summed E-state index contributed by atoms with van der Waals surface area (Å²) in [5, 5.41) is 5.78. The summed E-state index contributed by atoms with van der Waals surface area (Å²) in [6.07, 6.45) is 0. The van der Waals surface area contributed by atoms with Gasteiger partial charge in [-0.2, -0.15) is 0 Å². The summed E-state index contributed by atoms with van der Waals surface area (Å²) in [7, 11) is 0. The maximum absolute atomic E-state index is 12.5. The van der Waals surface area contributed by atoms with Crippen molar-refractivity contribution >= 4 is 23.2 Å². The minimum atomic E-state index is -0.180. The third-order valence-electron chi connectivity index (χ3n) is 4.33. The number of carbonyl (C=O) groups excluding carboxylic acids is 2. The van der Waals surface area contributed by atoms with Crippen molar-refractivity contribution in [1.29, 1.82) is 0 Å². The highest BCUT2D eigenvalue weighted by Gasteiger charge is 2.10. The molecule has 0 atom stereocenters. The van der Waals surface area contributed by atoms with Gasteiger partial charge < -0.3 is 10.6 Å². The molecule has 2 N–H and O–H groups in total. The Bertz CT molecular complexity index is 992. The van der Waals surface area contributed by atoms with Gasteiger partial charge in [0.15, 0.2) is 0 Å². The lowest BCUT2D eigenvalue weighted by molar-refractivity contribution is 0.102. The number of hydrogen-bond donors (Lipinski definition) is 2. The van der Waals surface area contributed by atoms with Crippen LogP contribution in [0.5, 0.6) is 0 Å². The summed E-state index contributed by atoms with van der Waals surface area (Å²) < 4.78 is 0. The molecule has 0 fully saturated rings. The zero-order valence-electron chi connectivity index (χ0n) is 15.7. The average Bonchev–Trinajstić information content (AvgIpc) is 2.65. The van der Waals surface area contributed by atoms with Gasteiger partial charge in [0.25, 0.3) is 11.8 Å². The summed E-state index contributed by atoms with van der Waals surface area (Å²) >= 11 is 0. The van der Waals surface area contributed by atoms with Gasteiger partial charge in [-0.25, -0.2) is 0 Å². The lowest BCUT2D eigenvalue weighted by Gasteiger charge is -2.10. The Morgan fingerprint density at radius 3 is 2.04 bits per heavy atom. The zero-order valence-corrected chi connectivity index (χ0v) is 15.7. The zero-order chi connectivity index (χ0) is 19.4. The van der Waals surface area contributed by atoms with Crippen molar-refractivity contribution in [1.82, 2.24) is 0 Å². The van der Waals surface area contributed by atoms with Gasteiger partial charge in [-0.15, -0.1) is 0 Å². The summed E-state index contributed by atoms with van der Waals surface area (Å²) in [6, 6.07) is 20.2. The van der Waals surface area contributed by atoms with E-state index in [1.54, 1.807) is 30.3 Å². The normalized spacial score (nSPS) is 10.3. The Morgan fingerprint density at radius 2 is 1.33 bits per heavy atom. The fourth-order valence-electron chi connectivity index (χ4n) is 2.76. The molecule has 3 aromatic rings. The second kappa shape index (κ2) is 7.87. The van der Waals surface area contributed by atoms with Crippen molar-refractivity contribution in [3.63, 3.8) is 0 Å². The first-order chi connectivity index (χ1) is 12.9. The van der Waals surface area contributed by atoms with Crippen LogP contribution >= 0.6 is 0 Å². The van der Waals surface area contributed by atoms with Gasteiger partial charge in [-0.05, 0) is 74.4 Å². The number of nitrogens with one attached hydrogen (secondary N) is 2. The number of carbonyl (C=O) groups is 2. The lowest BCUT2D eigenvalue weighted by Crippen LogP contribution is -2.14. The van der Waals surface area contributed by atoms with Gasteiger partial charge in [0.05, 0.1) is 0 Å². The van der Waals surface area contributed by atoms with Crippen LogP contribution in [0.3, 0.4) is 0 Å². The molecule has 3 aromatic carbocycles. The molecule has 4 heteroatoms. The molecule has 0 aliphatic heterocycles. The number of hydrogen-bond acceptors (Lipinski definition) is 2. The molecule has 27 heavy (non-hydrogen) atoms. The molecule has 0 aromatic heterocycles. The highest BCUT2D eigenvalue weighted by Crippen LogP contribution is 2.18. The highest BCUT2D eigenvalue weighted by molar-refractivity contribution is 6.06. The van der Waals surface area contributed by atoms with Crippen LogP contribution in [0.15, 0.2) is 66.7 Å². The predicted molar refractivity (Wildman–Crippen MR) is 109 cm³/mol. The molecule has 0 saturated carbocycles. The first-order valence-corrected chi connectivity index (χ1v) is 8.79. The Labute approximate surface area is 159 Å². The smallest absolute Gasteiger partial charge is 0.255 e. The molecule has 2 amide bonds. The summed E-state index contributed by atoms with van der Waals surface area (Å²) in [4.78, 5) is 24.8. The third kappa shape index (κ3) is 4.61. The minimum Gasteiger partial charge on any atom is -0.322 e.